The highest BCUT2D eigenvalue weighted by Gasteiger charge is 2.44. The number of nitriles is 1. The SMILES string of the molecule is N#CC1(CC2CCC3(CCCCC3)O2)CCCCCCC1. The maximum Gasteiger partial charge on any atom is 0.0690 e. The number of rotatable bonds is 2. The van der Waals surface area contributed by atoms with E-state index in [-0.39, 0.29) is 11.0 Å². The largest absolute Gasteiger partial charge is 0.372 e. The topological polar surface area (TPSA) is 33.0 Å². The van der Waals surface area contributed by atoms with E-state index >= 15 is 0 Å². The molecule has 3 fully saturated rings. The maximum atomic E-state index is 9.81. The van der Waals surface area contributed by atoms with E-state index in [9.17, 15) is 5.26 Å². The van der Waals surface area contributed by atoms with Gasteiger partial charge in [-0.05, 0) is 44.9 Å². The van der Waals surface area contributed by atoms with Crippen LogP contribution in [0.2, 0.25) is 0 Å². The van der Waals surface area contributed by atoms with E-state index in [4.69, 9.17) is 4.74 Å². The molecule has 0 aromatic heterocycles. The fourth-order valence-corrected chi connectivity index (χ4v) is 4.98. The average Bonchev–Trinajstić information content (AvgIpc) is 2.85. The van der Waals surface area contributed by atoms with E-state index < -0.39 is 0 Å². The summed E-state index contributed by atoms with van der Waals surface area (Å²) in [4.78, 5) is 0. The second kappa shape index (κ2) is 6.69. The lowest BCUT2D eigenvalue weighted by Gasteiger charge is -2.35. The van der Waals surface area contributed by atoms with Crippen molar-refractivity contribution in [3.63, 3.8) is 0 Å². The van der Waals surface area contributed by atoms with E-state index in [1.165, 1.54) is 77.0 Å². The maximum absolute atomic E-state index is 9.81. The van der Waals surface area contributed by atoms with Crippen molar-refractivity contribution in [2.24, 2.45) is 5.41 Å². The van der Waals surface area contributed by atoms with E-state index in [0.717, 1.165) is 19.3 Å². The number of hydrogen-bond donors (Lipinski definition) is 0. The lowest BCUT2D eigenvalue weighted by atomic mass is 9.73. The van der Waals surface area contributed by atoms with Gasteiger partial charge in [0.15, 0.2) is 0 Å². The summed E-state index contributed by atoms with van der Waals surface area (Å²) in [6.07, 6.45) is 19.1. The van der Waals surface area contributed by atoms with Gasteiger partial charge in [0.1, 0.15) is 0 Å². The number of ether oxygens (including phenoxy) is 1. The van der Waals surface area contributed by atoms with Crippen molar-refractivity contribution in [2.45, 2.75) is 108 Å². The average molecular weight is 289 g/mol. The molecule has 21 heavy (non-hydrogen) atoms. The zero-order valence-corrected chi connectivity index (χ0v) is 13.5. The molecule has 1 atom stereocenters. The van der Waals surface area contributed by atoms with Gasteiger partial charge in [0.25, 0.3) is 0 Å². The van der Waals surface area contributed by atoms with Crippen LogP contribution in [0.15, 0.2) is 0 Å². The molecular formula is C19H31NO. The highest BCUT2D eigenvalue weighted by atomic mass is 16.5. The Morgan fingerprint density at radius 1 is 0.810 bits per heavy atom. The van der Waals surface area contributed by atoms with Crippen LogP contribution >= 0.6 is 0 Å². The zero-order valence-electron chi connectivity index (χ0n) is 13.5. The van der Waals surface area contributed by atoms with Crippen molar-refractivity contribution in [3.8, 4) is 6.07 Å². The van der Waals surface area contributed by atoms with Gasteiger partial charge < -0.3 is 4.74 Å². The van der Waals surface area contributed by atoms with Crippen molar-refractivity contribution in [2.75, 3.05) is 0 Å². The van der Waals surface area contributed by atoms with Gasteiger partial charge in [-0.3, -0.25) is 0 Å². The minimum Gasteiger partial charge on any atom is -0.372 e. The molecule has 1 heterocycles. The summed E-state index contributed by atoms with van der Waals surface area (Å²) < 4.78 is 6.54. The van der Waals surface area contributed by atoms with Gasteiger partial charge in [-0.2, -0.15) is 5.26 Å². The summed E-state index contributed by atoms with van der Waals surface area (Å²) in [5, 5.41) is 9.81. The van der Waals surface area contributed by atoms with Gasteiger partial charge in [0, 0.05) is 0 Å². The lowest BCUT2D eigenvalue weighted by Crippen LogP contribution is -2.33. The Morgan fingerprint density at radius 2 is 1.38 bits per heavy atom. The lowest BCUT2D eigenvalue weighted by molar-refractivity contribution is -0.0747. The molecule has 2 aliphatic carbocycles. The van der Waals surface area contributed by atoms with Crippen LogP contribution in [-0.4, -0.2) is 11.7 Å². The molecule has 0 bridgehead atoms. The molecule has 0 aromatic rings. The second-order valence-electron chi connectivity index (χ2n) is 7.89. The quantitative estimate of drug-likeness (QED) is 0.671. The predicted octanol–water partition coefficient (Wildman–Crippen LogP) is 5.51. The van der Waals surface area contributed by atoms with Gasteiger partial charge in [0.05, 0.1) is 23.2 Å². The van der Waals surface area contributed by atoms with Gasteiger partial charge >= 0.3 is 0 Å². The molecule has 2 saturated carbocycles. The van der Waals surface area contributed by atoms with Crippen molar-refractivity contribution in [1.29, 1.82) is 5.26 Å². The Balaban J connectivity index is 1.60. The van der Waals surface area contributed by atoms with Crippen LogP contribution in [-0.2, 0) is 4.74 Å². The van der Waals surface area contributed by atoms with Crippen LogP contribution in [0.1, 0.15) is 96.3 Å². The van der Waals surface area contributed by atoms with E-state index in [2.05, 4.69) is 6.07 Å². The zero-order chi connectivity index (χ0) is 14.6. The van der Waals surface area contributed by atoms with Crippen LogP contribution < -0.4 is 0 Å². The van der Waals surface area contributed by atoms with Crippen molar-refractivity contribution in [3.05, 3.63) is 0 Å². The van der Waals surface area contributed by atoms with Crippen molar-refractivity contribution >= 4 is 0 Å². The first-order valence-electron chi connectivity index (χ1n) is 9.35. The number of nitrogens with zero attached hydrogens (tertiary/aromatic N) is 1. The Kier molecular flexibility index (Phi) is 4.89. The molecule has 2 heteroatoms. The van der Waals surface area contributed by atoms with Gasteiger partial charge in [-0.15, -0.1) is 0 Å². The highest BCUT2D eigenvalue weighted by molar-refractivity contribution is 5.03. The highest BCUT2D eigenvalue weighted by Crippen LogP contribution is 2.46. The summed E-state index contributed by atoms with van der Waals surface area (Å²) in [5.41, 5.74) is 0.131. The smallest absolute Gasteiger partial charge is 0.0690 e. The summed E-state index contributed by atoms with van der Waals surface area (Å²) >= 11 is 0. The molecule has 1 spiro atoms. The fourth-order valence-electron chi connectivity index (χ4n) is 4.98. The Morgan fingerprint density at radius 3 is 2.05 bits per heavy atom. The first kappa shape index (κ1) is 15.3. The standard InChI is InChI=1S/C19H31NO/c20-16-18(10-5-2-1-3-6-11-18)15-17-9-14-19(21-17)12-7-4-8-13-19/h17H,1-15H2. The van der Waals surface area contributed by atoms with Gasteiger partial charge in [-0.25, -0.2) is 0 Å². The van der Waals surface area contributed by atoms with E-state index in [1.54, 1.807) is 0 Å². The van der Waals surface area contributed by atoms with Crippen molar-refractivity contribution in [1.82, 2.24) is 0 Å². The van der Waals surface area contributed by atoms with Crippen LogP contribution in [0, 0.1) is 16.7 Å². The molecule has 0 radical (unpaired) electrons. The molecule has 3 aliphatic rings. The monoisotopic (exact) mass is 289 g/mol. The molecular weight excluding hydrogens is 258 g/mol. The van der Waals surface area contributed by atoms with E-state index in [1.807, 2.05) is 0 Å². The summed E-state index contributed by atoms with van der Waals surface area (Å²) in [7, 11) is 0. The third-order valence-electron chi connectivity index (χ3n) is 6.27. The molecule has 0 N–H and O–H groups in total. The minimum absolute atomic E-state index is 0.0781. The summed E-state index contributed by atoms with van der Waals surface area (Å²) in [6, 6.07) is 2.72. The first-order chi connectivity index (χ1) is 10.3. The summed E-state index contributed by atoms with van der Waals surface area (Å²) in [6.45, 7) is 0. The molecule has 0 aromatic carbocycles. The Labute approximate surface area is 130 Å². The molecule has 2 nitrogen and oxygen atoms in total. The fraction of sp³-hybridized carbons (Fsp3) is 0.947. The second-order valence-corrected chi connectivity index (χ2v) is 7.89. The molecule has 1 aliphatic heterocycles. The number of hydrogen-bond acceptors (Lipinski definition) is 2. The Bertz CT molecular complexity index is 370. The Hall–Kier alpha value is -0.550. The van der Waals surface area contributed by atoms with Crippen LogP contribution in [0.5, 0.6) is 0 Å². The molecule has 118 valence electrons. The predicted molar refractivity (Wildman–Crippen MR) is 84.9 cm³/mol. The molecule has 1 unspecified atom stereocenters. The summed E-state index contributed by atoms with van der Waals surface area (Å²) in [5.74, 6) is 0. The van der Waals surface area contributed by atoms with E-state index in [0.29, 0.717) is 6.10 Å². The molecule has 3 rings (SSSR count). The molecule has 1 saturated heterocycles. The molecule has 0 amide bonds. The van der Waals surface area contributed by atoms with Gasteiger partial charge in [-0.1, -0.05) is 51.4 Å². The first-order valence-corrected chi connectivity index (χ1v) is 9.35. The minimum atomic E-state index is -0.0781. The van der Waals surface area contributed by atoms with Crippen LogP contribution in [0.25, 0.3) is 0 Å². The van der Waals surface area contributed by atoms with Crippen molar-refractivity contribution < 1.29 is 4.74 Å². The van der Waals surface area contributed by atoms with Crippen LogP contribution in [0.4, 0.5) is 0 Å². The normalized spacial score (nSPS) is 32.2. The third kappa shape index (κ3) is 3.62. The third-order valence-corrected chi connectivity index (χ3v) is 6.27. The van der Waals surface area contributed by atoms with Crippen LogP contribution in [0.3, 0.4) is 0 Å². The van der Waals surface area contributed by atoms with Gasteiger partial charge in [0.2, 0.25) is 0 Å².